The fraction of sp³-hybridized carbons (Fsp3) is 0.366. The third-order valence-corrected chi connectivity index (χ3v) is 9.35. The molecule has 0 saturated heterocycles. The Morgan fingerprint density at radius 2 is 1.12 bits per heavy atom. The van der Waals surface area contributed by atoms with E-state index in [-0.39, 0.29) is 41.9 Å². The molecule has 0 fully saturated rings. The number of fused-ring (bicyclic) bond motifs is 3. The van der Waals surface area contributed by atoms with Crippen molar-refractivity contribution >= 4 is 11.9 Å². The first-order valence-electron chi connectivity index (χ1n) is 16.8. The first-order chi connectivity index (χ1) is 23.5. The molecule has 0 heterocycles. The van der Waals surface area contributed by atoms with Crippen molar-refractivity contribution in [3.63, 3.8) is 0 Å². The van der Waals surface area contributed by atoms with Crippen molar-refractivity contribution < 1.29 is 38.7 Å². The molecule has 4 aromatic carbocycles. The Morgan fingerprint density at radius 1 is 0.633 bits per heavy atom. The number of methoxy groups -OCH3 is 1. The van der Waals surface area contributed by atoms with Crippen LogP contribution in [0.15, 0.2) is 72.8 Å². The molecule has 0 radical (unpaired) electrons. The van der Waals surface area contributed by atoms with Gasteiger partial charge in [0.15, 0.2) is 0 Å². The van der Waals surface area contributed by atoms with Crippen LogP contribution < -0.4 is 4.74 Å². The lowest BCUT2D eigenvalue weighted by Crippen LogP contribution is -2.30. The summed E-state index contributed by atoms with van der Waals surface area (Å²) in [6.07, 6.45) is 0. The Kier molecular flexibility index (Phi) is 11.2. The number of ether oxygens (including phenoxy) is 4. The Bertz CT molecular complexity index is 1770. The summed E-state index contributed by atoms with van der Waals surface area (Å²) >= 11 is 0. The number of aromatic carboxylic acids is 2. The second kappa shape index (κ2) is 15.4. The van der Waals surface area contributed by atoms with E-state index in [1.807, 2.05) is 18.2 Å². The van der Waals surface area contributed by atoms with Crippen LogP contribution in [0.3, 0.4) is 0 Å². The van der Waals surface area contributed by atoms with Gasteiger partial charge < -0.3 is 29.2 Å². The molecule has 0 spiro atoms. The normalized spacial score (nSPS) is 13.1. The average molecular weight is 667 g/mol. The summed E-state index contributed by atoms with van der Waals surface area (Å²) in [7, 11) is 1.61. The molecular weight excluding hydrogens is 620 g/mol. The average Bonchev–Trinajstić information content (AvgIpc) is 3.37. The van der Waals surface area contributed by atoms with Crippen molar-refractivity contribution in [3.05, 3.63) is 123 Å². The first-order valence-corrected chi connectivity index (χ1v) is 16.8. The molecular formula is C41H46O8. The van der Waals surface area contributed by atoms with Gasteiger partial charge in [0.2, 0.25) is 0 Å². The molecule has 0 atom stereocenters. The minimum Gasteiger partial charge on any atom is -0.490 e. The summed E-state index contributed by atoms with van der Waals surface area (Å²) in [5.41, 5.74) is 7.63. The number of carbonyl (C=O) groups is 2. The van der Waals surface area contributed by atoms with Crippen molar-refractivity contribution in [2.24, 2.45) is 0 Å². The minimum absolute atomic E-state index is 0.0142. The van der Waals surface area contributed by atoms with E-state index in [9.17, 15) is 19.8 Å². The van der Waals surface area contributed by atoms with Gasteiger partial charge in [0, 0.05) is 7.11 Å². The van der Waals surface area contributed by atoms with Gasteiger partial charge >= 0.3 is 11.9 Å². The van der Waals surface area contributed by atoms with Crippen LogP contribution in [0, 0.1) is 6.92 Å². The molecule has 2 N–H and O–H groups in total. The van der Waals surface area contributed by atoms with Crippen LogP contribution in [0.4, 0.5) is 0 Å². The van der Waals surface area contributed by atoms with E-state index in [0.717, 1.165) is 38.9 Å². The molecule has 8 heteroatoms. The summed E-state index contributed by atoms with van der Waals surface area (Å²) in [5, 5.41) is 20.7. The Balaban J connectivity index is 1.67. The van der Waals surface area contributed by atoms with E-state index in [4.69, 9.17) is 18.9 Å². The van der Waals surface area contributed by atoms with Gasteiger partial charge in [-0.2, -0.15) is 0 Å². The van der Waals surface area contributed by atoms with Gasteiger partial charge in [-0.15, -0.1) is 0 Å². The van der Waals surface area contributed by atoms with Crippen LogP contribution in [-0.2, 0) is 19.6 Å². The number of hydrogen-bond donors (Lipinski definition) is 2. The smallest absolute Gasteiger partial charge is 0.339 e. The molecule has 0 unspecified atom stereocenters. The number of aryl methyl sites for hydroxylation is 1. The molecule has 0 bridgehead atoms. The van der Waals surface area contributed by atoms with Gasteiger partial charge in [0.25, 0.3) is 0 Å². The van der Waals surface area contributed by atoms with Gasteiger partial charge in [0.1, 0.15) is 17.9 Å². The van der Waals surface area contributed by atoms with Gasteiger partial charge in [-0.25, -0.2) is 9.59 Å². The molecule has 49 heavy (non-hydrogen) atoms. The van der Waals surface area contributed by atoms with E-state index in [1.165, 1.54) is 0 Å². The third kappa shape index (κ3) is 7.13. The molecule has 8 nitrogen and oxygen atoms in total. The number of carboxylic acid groups (broad SMARTS) is 2. The number of benzene rings is 4. The van der Waals surface area contributed by atoms with E-state index in [2.05, 4.69) is 64.1 Å². The summed E-state index contributed by atoms with van der Waals surface area (Å²) in [6, 6.07) is 23.9. The lowest BCUT2D eigenvalue weighted by Gasteiger charge is -2.35. The van der Waals surface area contributed by atoms with Crippen LogP contribution in [-0.4, -0.2) is 68.9 Å². The second-order valence-corrected chi connectivity index (χ2v) is 13.1. The summed E-state index contributed by atoms with van der Waals surface area (Å²) in [4.78, 5) is 25.3. The van der Waals surface area contributed by atoms with Crippen LogP contribution in [0.25, 0.3) is 11.1 Å². The van der Waals surface area contributed by atoms with Gasteiger partial charge in [-0.3, -0.25) is 0 Å². The first kappa shape index (κ1) is 35.8. The monoisotopic (exact) mass is 666 g/mol. The lowest BCUT2D eigenvalue weighted by atomic mass is 9.66. The zero-order chi connectivity index (χ0) is 35.3. The lowest BCUT2D eigenvalue weighted by molar-refractivity contribution is 0.0178. The molecule has 0 saturated carbocycles. The fourth-order valence-electron chi connectivity index (χ4n) is 6.68. The van der Waals surface area contributed by atoms with Crippen LogP contribution in [0.5, 0.6) is 5.75 Å². The second-order valence-electron chi connectivity index (χ2n) is 13.1. The van der Waals surface area contributed by atoms with Crippen molar-refractivity contribution in [1.82, 2.24) is 0 Å². The van der Waals surface area contributed by atoms with E-state index >= 15 is 0 Å². The highest BCUT2D eigenvalue weighted by molar-refractivity contribution is 5.94. The van der Waals surface area contributed by atoms with E-state index in [1.54, 1.807) is 32.2 Å². The predicted octanol–water partition coefficient (Wildman–Crippen LogP) is 8.06. The molecule has 0 aromatic heterocycles. The number of hydrogen-bond acceptors (Lipinski definition) is 6. The SMILES string of the molecule is COCCOCCOCCOc1ccc(C2(c3ccc(C)c(C(=O)O)c3)c3cc(C(C)C)ccc3-c3ccc(C(C)C)cc32)cc1C(=O)O. The molecule has 258 valence electrons. The Labute approximate surface area is 288 Å². The summed E-state index contributed by atoms with van der Waals surface area (Å²) in [5.74, 6) is -1.45. The van der Waals surface area contributed by atoms with Crippen LogP contribution >= 0.6 is 0 Å². The Hall–Kier alpha value is -4.50. The van der Waals surface area contributed by atoms with E-state index in [0.29, 0.717) is 37.6 Å². The number of carboxylic acids is 2. The van der Waals surface area contributed by atoms with Crippen molar-refractivity contribution in [2.75, 3.05) is 46.8 Å². The standard InChI is InChI=1S/C41H46O8/c1-25(2)28-8-12-32-33-13-9-29(26(3)4)22-37(33)41(36(32)21-28,30-10-7-27(5)34(23-30)39(42)43)31-11-14-38(35(24-31)40(44)45)49-20-19-48-18-17-47-16-15-46-6/h7-14,21-26H,15-20H2,1-6H3,(H,42,43)(H,44,45). The molecule has 1 aliphatic rings. The third-order valence-electron chi connectivity index (χ3n) is 9.35. The maximum atomic E-state index is 12.8. The zero-order valence-corrected chi connectivity index (χ0v) is 29.2. The Morgan fingerprint density at radius 3 is 1.63 bits per heavy atom. The molecule has 0 amide bonds. The maximum Gasteiger partial charge on any atom is 0.339 e. The quantitative estimate of drug-likeness (QED) is 0.102. The van der Waals surface area contributed by atoms with Crippen molar-refractivity contribution in [3.8, 4) is 16.9 Å². The highest BCUT2D eigenvalue weighted by atomic mass is 16.6. The van der Waals surface area contributed by atoms with E-state index < -0.39 is 17.4 Å². The maximum absolute atomic E-state index is 12.8. The largest absolute Gasteiger partial charge is 0.490 e. The van der Waals surface area contributed by atoms with Crippen molar-refractivity contribution in [2.45, 2.75) is 51.9 Å². The summed E-state index contributed by atoms with van der Waals surface area (Å²) < 4.78 is 21.9. The van der Waals surface area contributed by atoms with Crippen LogP contribution in [0.2, 0.25) is 0 Å². The minimum atomic E-state index is -1.13. The molecule has 5 rings (SSSR count). The highest BCUT2D eigenvalue weighted by Crippen LogP contribution is 2.57. The van der Waals surface area contributed by atoms with Gasteiger partial charge in [0.05, 0.1) is 44.0 Å². The van der Waals surface area contributed by atoms with Crippen molar-refractivity contribution in [1.29, 1.82) is 0 Å². The zero-order valence-electron chi connectivity index (χ0n) is 29.2. The van der Waals surface area contributed by atoms with Crippen LogP contribution in [0.1, 0.15) is 99.2 Å². The highest BCUT2D eigenvalue weighted by Gasteiger charge is 2.47. The number of rotatable bonds is 16. The molecule has 4 aromatic rings. The predicted molar refractivity (Wildman–Crippen MR) is 190 cm³/mol. The molecule has 0 aliphatic heterocycles. The van der Waals surface area contributed by atoms with Gasteiger partial charge in [-0.05, 0) is 87.0 Å². The van der Waals surface area contributed by atoms with Gasteiger partial charge in [-0.1, -0.05) is 82.3 Å². The summed E-state index contributed by atoms with van der Waals surface area (Å²) in [6.45, 7) is 12.6. The topological polar surface area (TPSA) is 112 Å². The molecule has 1 aliphatic carbocycles. The fourth-order valence-corrected chi connectivity index (χ4v) is 6.68.